The number of carbonyl (C=O) groups is 1. The van der Waals surface area contributed by atoms with Crippen LogP contribution in [0, 0.1) is 0 Å². The Labute approximate surface area is 150 Å². The summed E-state index contributed by atoms with van der Waals surface area (Å²) in [5.41, 5.74) is 6.53. The Balaban J connectivity index is 0.00000288. The minimum absolute atomic E-state index is 0. The smallest absolute Gasteiger partial charge is 0.243 e. The summed E-state index contributed by atoms with van der Waals surface area (Å²) in [5.74, 6) is -0.00605. The van der Waals surface area contributed by atoms with Gasteiger partial charge in [0.15, 0.2) is 0 Å². The van der Waals surface area contributed by atoms with Crippen LogP contribution in [0.1, 0.15) is 25.3 Å². The SMILES string of the molecule is CCCc1ccc(S(=O)(=O)N2CCN(C(=O)CCN)CC2)cc1.Cl. The van der Waals surface area contributed by atoms with Crippen molar-refractivity contribution < 1.29 is 13.2 Å². The fourth-order valence-corrected chi connectivity index (χ4v) is 4.15. The van der Waals surface area contributed by atoms with E-state index in [1.54, 1.807) is 17.0 Å². The van der Waals surface area contributed by atoms with E-state index < -0.39 is 10.0 Å². The second-order valence-electron chi connectivity index (χ2n) is 5.72. The van der Waals surface area contributed by atoms with Crippen molar-refractivity contribution in [1.82, 2.24) is 9.21 Å². The van der Waals surface area contributed by atoms with Gasteiger partial charge < -0.3 is 10.6 Å². The van der Waals surface area contributed by atoms with E-state index in [0.29, 0.717) is 44.0 Å². The van der Waals surface area contributed by atoms with Crippen molar-refractivity contribution in [2.24, 2.45) is 5.73 Å². The fraction of sp³-hybridized carbons (Fsp3) is 0.562. The number of nitrogens with two attached hydrogens (primary N) is 1. The van der Waals surface area contributed by atoms with Gasteiger partial charge in [0.05, 0.1) is 4.90 Å². The third-order valence-corrected chi connectivity index (χ3v) is 5.96. The number of hydrogen-bond donors (Lipinski definition) is 1. The third-order valence-electron chi connectivity index (χ3n) is 4.05. The zero-order valence-corrected chi connectivity index (χ0v) is 15.6. The minimum Gasteiger partial charge on any atom is -0.340 e. The lowest BCUT2D eigenvalue weighted by Crippen LogP contribution is -2.50. The molecular formula is C16H26ClN3O3S. The van der Waals surface area contributed by atoms with Gasteiger partial charge in [-0.2, -0.15) is 4.31 Å². The van der Waals surface area contributed by atoms with E-state index in [1.807, 2.05) is 12.1 Å². The first kappa shape index (κ1) is 20.9. The Morgan fingerprint density at radius 2 is 1.71 bits per heavy atom. The number of aryl methyl sites for hydroxylation is 1. The number of amides is 1. The van der Waals surface area contributed by atoms with Crippen molar-refractivity contribution >= 4 is 28.3 Å². The molecule has 1 saturated heterocycles. The molecular weight excluding hydrogens is 350 g/mol. The Hall–Kier alpha value is -1.15. The maximum absolute atomic E-state index is 12.7. The quantitative estimate of drug-likeness (QED) is 0.810. The number of rotatable bonds is 6. The van der Waals surface area contributed by atoms with Crippen LogP contribution in [0.25, 0.3) is 0 Å². The highest BCUT2D eigenvalue weighted by molar-refractivity contribution is 7.89. The molecule has 8 heteroatoms. The maximum Gasteiger partial charge on any atom is 0.243 e. The molecule has 1 aromatic rings. The molecule has 0 aliphatic carbocycles. The van der Waals surface area contributed by atoms with Crippen molar-refractivity contribution in [3.05, 3.63) is 29.8 Å². The Morgan fingerprint density at radius 3 is 2.21 bits per heavy atom. The number of sulfonamides is 1. The molecule has 1 heterocycles. The first-order valence-corrected chi connectivity index (χ1v) is 9.50. The summed E-state index contributed by atoms with van der Waals surface area (Å²) in [5, 5.41) is 0. The van der Waals surface area contributed by atoms with Crippen LogP contribution in [0.2, 0.25) is 0 Å². The first-order valence-electron chi connectivity index (χ1n) is 8.06. The molecule has 136 valence electrons. The van der Waals surface area contributed by atoms with Gasteiger partial charge in [-0.25, -0.2) is 8.42 Å². The molecule has 6 nitrogen and oxygen atoms in total. The van der Waals surface area contributed by atoms with E-state index in [1.165, 1.54) is 4.31 Å². The van der Waals surface area contributed by atoms with Crippen LogP contribution in [-0.2, 0) is 21.2 Å². The van der Waals surface area contributed by atoms with Crippen LogP contribution >= 0.6 is 12.4 Å². The van der Waals surface area contributed by atoms with Gasteiger partial charge in [0, 0.05) is 39.1 Å². The maximum atomic E-state index is 12.7. The normalized spacial score (nSPS) is 15.8. The van der Waals surface area contributed by atoms with Gasteiger partial charge in [-0.15, -0.1) is 12.4 Å². The number of benzene rings is 1. The van der Waals surface area contributed by atoms with E-state index >= 15 is 0 Å². The molecule has 0 spiro atoms. The number of carbonyl (C=O) groups excluding carboxylic acids is 1. The second-order valence-corrected chi connectivity index (χ2v) is 7.66. The lowest BCUT2D eigenvalue weighted by Gasteiger charge is -2.34. The third kappa shape index (κ3) is 4.92. The topological polar surface area (TPSA) is 83.7 Å². The molecule has 24 heavy (non-hydrogen) atoms. The van der Waals surface area contributed by atoms with Gasteiger partial charge in [0.2, 0.25) is 15.9 Å². The molecule has 1 aromatic carbocycles. The molecule has 0 saturated carbocycles. The molecule has 1 aliphatic rings. The largest absolute Gasteiger partial charge is 0.340 e. The minimum atomic E-state index is -3.48. The average Bonchev–Trinajstić information content (AvgIpc) is 2.56. The number of halogens is 1. The number of piperazine rings is 1. The predicted octanol–water partition coefficient (Wildman–Crippen LogP) is 1.24. The zero-order valence-electron chi connectivity index (χ0n) is 14.0. The summed E-state index contributed by atoms with van der Waals surface area (Å²) >= 11 is 0. The molecule has 0 bridgehead atoms. The van der Waals surface area contributed by atoms with Gasteiger partial charge in [-0.05, 0) is 24.1 Å². The van der Waals surface area contributed by atoms with Crippen LogP contribution < -0.4 is 5.73 Å². The summed E-state index contributed by atoms with van der Waals surface area (Å²) in [6.07, 6.45) is 2.29. The lowest BCUT2D eigenvalue weighted by molar-refractivity contribution is -0.132. The van der Waals surface area contributed by atoms with Crippen molar-refractivity contribution in [3.8, 4) is 0 Å². The standard InChI is InChI=1S/C16H25N3O3S.ClH/c1-2-3-14-4-6-15(7-5-14)23(21,22)19-12-10-18(11-13-19)16(20)8-9-17;/h4-7H,2-3,8-13,17H2,1H3;1H. The first-order chi connectivity index (χ1) is 11.0. The molecule has 0 unspecified atom stereocenters. The summed E-state index contributed by atoms with van der Waals surface area (Å²) in [6, 6.07) is 7.09. The van der Waals surface area contributed by atoms with E-state index in [2.05, 4.69) is 6.92 Å². The van der Waals surface area contributed by atoms with E-state index in [9.17, 15) is 13.2 Å². The molecule has 0 atom stereocenters. The van der Waals surface area contributed by atoms with Crippen LogP contribution in [-0.4, -0.2) is 56.3 Å². The fourth-order valence-electron chi connectivity index (χ4n) is 2.73. The van der Waals surface area contributed by atoms with Crippen LogP contribution in [0.4, 0.5) is 0 Å². The van der Waals surface area contributed by atoms with Gasteiger partial charge in [-0.3, -0.25) is 4.79 Å². The van der Waals surface area contributed by atoms with Crippen molar-refractivity contribution in [1.29, 1.82) is 0 Å². The van der Waals surface area contributed by atoms with Crippen molar-refractivity contribution in [2.75, 3.05) is 32.7 Å². The van der Waals surface area contributed by atoms with E-state index in [4.69, 9.17) is 5.73 Å². The second kappa shape index (κ2) is 9.36. The van der Waals surface area contributed by atoms with Crippen molar-refractivity contribution in [3.63, 3.8) is 0 Å². The Kier molecular flexibility index (Phi) is 8.15. The molecule has 1 fully saturated rings. The number of hydrogen-bond acceptors (Lipinski definition) is 4. The summed E-state index contributed by atoms with van der Waals surface area (Å²) < 4.78 is 26.8. The van der Waals surface area contributed by atoms with Crippen molar-refractivity contribution in [2.45, 2.75) is 31.1 Å². The molecule has 1 aliphatic heterocycles. The number of nitrogens with zero attached hydrogens (tertiary/aromatic N) is 2. The highest BCUT2D eigenvalue weighted by Crippen LogP contribution is 2.19. The predicted molar refractivity (Wildman–Crippen MR) is 96.7 cm³/mol. The highest BCUT2D eigenvalue weighted by Gasteiger charge is 2.29. The Bertz CT molecular complexity index is 626. The molecule has 1 amide bonds. The summed E-state index contributed by atoms with van der Waals surface area (Å²) in [6.45, 7) is 3.92. The lowest BCUT2D eigenvalue weighted by atomic mass is 10.1. The van der Waals surface area contributed by atoms with Crippen LogP contribution in [0.15, 0.2) is 29.2 Å². The van der Waals surface area contributed by atoms with Gasteiger partial charge in [-0.1, -0.05) is 25.5 Å². The summed E-state index contributed by atoms with van der Waals surface area (Å²) in [4.78, 5) is 13.8. The molecule has 2 N–H and O–H groups in total. The van der Waals surface area contributed by atoms with E-state index in [-0.39, 0.29) is 18.3 Å². The van der Waals surface area contributed by atoms with Crippen LogP contribution in [0.5, 0.6) is 0 Å². The van der Waals surface area contributed by atoms with Gasteiger partial charge in [0.25, 0.3) is 0 Å². The van der Waals surface area contributed by atoms with Crippen LogP contribution in [0.3, 0.4) is 0 Å². The van der Waals surface area contributed by atoms with E-state index in [0.717, 1.165) is 18.4 Å². The molecule has 0 radical (unpaired) electrons. The molecule has 2 rings (SSSR count). The van der Waals surface area contributed by atoms with Gasteiger partial charge >= 0.3 is 0 Å². The zero-order chi connectivity index (χ0) is 16.9. The molecule has 0 aromatic heterocycles. The Morgan fingerprint density at radius 1 is 1.12 bits per heavy atom. The monoisotopic (exact) mass is 375 g/mol. The highest BCUT2D eigenvalue weighted by atomic mass is 35.5. The van der Waals surface area contributed by atoms with Gasteiger partial charge in [0.1, 0.15) is 0 Å². The summed E-state index contributed by atoms with van der Waals surface area (Å²) in [7, 11) is -3.48. The average molecular weight is 376 g/mol.